The first-order valence-electron chi connectivity index (χ1n) is 4.34. The van der Waals surface area contributed by atoms with Crippen molar-refractivity contribution >= 4 is 43.6 Å². The number of thioether (sulfide) groups is 1. The summed E-state index contributed by atoms with van der Waals surface area (Å²) in [4.78, 5) is 8.57. The van der Waals surface area contributed by atoms with Crippen LogP contribution < -0.4 is 0 Å². The molecule has 14 heavy (non-hydrogen) atoms. The van der Waals surface area contributed by atoms with Crippen LogP contribution in [0.25, 0.3) is 0 Å². The van der Waals surface area contributed by atoms with Crippen LogP contribution in [0.3, 0.4) is 0 Å². The van der Waals surface area contributed by atoms with Crippen molar-refractivity contribution in [2.45, 2.75) is 19.6 Å². The maximum Gasteiger partial charge on any atom is 0.140 e. The molecule has 1 rings (SSSR count). The monoisotopic (exact) mass is 338 g/mol. The lowest BCUT2D eigenvalue weighted by Gasteiger charge is -2.04. The van der Waals surface area contributed by atoms with Gasteiger partial charge < -0.3 is 0 Å². The third-order valence-electron chi connectivity index (χ3n) is 1.39. The van der Waals surface area contributed by atoms with Crippen LogP contribution in [0.4, 0.5) is 0 Å². The molecule has 0 aliphatic heterocycles. The van der Waals surface area contributed by atoms with Gasteiger partial charge in [0.1, 0.15) is 15.0 Å². The van der Waals surface area contributed by atoms with Gasteiger partial charge in [0.2, 0.25) is 0 Å². The van der Waals surface area contributed by atoms with Gasteiger partial charge in [-0.2, -0.15) is 11.8 Å². The van der Waals surface area contributed by atoms with Crippen molar-refractivity contribution < 1.29 is 0 Å². The number of halogens is 2. The molecule has 0 N–H and O–H groups in total. The van der Waals surface area contributed by atoms with Gasteiger partial charge in [0, 0.05) is 6.07 Å². The van der Waals surface area contributed by atoms with Crippen molar-refractivity contribution in [2.24, 2.45) is 5.92 Å². The van der Waals surface area contributed by atoms with E-state index in [9.17, 15) is 0 Å². The minimum Gasteiger partial charge on any atom is -0.225 e. The Kier molecular flexibility index (Phi) is 5.41. The summed E-state index contributed by atoms with van der Waals surface area (Å²) < 4.78 is 1.67. The third-order valence-corrected chi connectivity index (χ3v) is 3.57. The fourth-order valence-corrected chi connectivity index (χ4v) is 2.94. The second kappa shape index (κ2) is 6.08. The molecule has 2 nitrogen and oxygen atoms in total. The van der Waals surface area contributed by atoms with Crippen molar-refractivity contribution in [3.63, 3.8) is 0 Å². The van der Waals surface area contributed by atoms with E-state index in [4.69, 9.17) is 0 Å². The molecule has 0 unspecified atom stereocenters. The molecule has 0 saturated carbocycles. The van der Waals surface area contributed by atoms with Crippen LogP contribution in [0.5, 0.6) is 0 Å². The van der Waals surface area contributed by atoms with Crippen molar-refractivity contribution in [3.8, 4) is 0 Å². The van der Waals surface area contributed by atoms with Gasteiger partial charge in [0.25, 0.3) is 0 Å². The van der Waals surface area contributed by atoms with Gasteiger partial charge >= 0.3 is 0 Å². The smallest absolute Gasteiger partial charge is 0.140 e. The van der Waals surface area contributed by atoms with Crippen LogP contribution in [0.15, 0.2) is 15.3 Å². The molecule has 0 saturated heterocycles. The second-order valence-electron chi connectivity index (χ2n) is 3.34. The average Bonchev–Trinajstić information content (AvgIpc) is 2.01. The highest BCUT2D eigenvalue weighted by Crippen LogP contribution is 2.17. The molecule has 0 aromatic carbocycles. The second-order valence-corrected chi connectivity index (χ2v) is 5.99. The molecule has 1 aromatic heterocycles. The molecular weight excluding hydrogens is 328 g/mol. The van der Waals surface area contributed by atoms with E-state index < -0.39 is 0 Å². The molecule has 5 heteroatoms. The Labute approximate surface area is 106 Å². The third kappa shape index (κ3) is 4.75. The lowest BCUT2D eigenvalue weighted by molar-refractivity contribution is 0.749. The van der Waals surface area contributed by atoms with E-state index in [2.05, 4.69) is 55.7 Å². The van der Waals surface area contributed by atoms with Crippen molar-refractivity contribution in [2.75, 3.05) is 5.75 Å². The molecule has 0 aliphatic carbocycles. The molecule has 0 fully saturated rings. The Hall–Kier alpha value is 0.390. The number of hydrogen-bond acceptors (Lipinski definition) is 3. The van der Waals surface area contributed by atoms with Crippen LogP contribution in [0, 0.1) is 5.92 Å². The van der Waals surface area contributed by atoms with E-state index in [1.807, 2.05) is 17.8 Å². The van der Waals surface area contributed by atoms with Crippen LogP contribution >= 0.6 is 43.6 Å². The number of hydrogen-bond donors (Lipinski definition) is 0. The van der Waals surface area contributed by atoms with E-state index in [0.29, 0.717) is 0 Å². The summed E-state index contributed by atoms with van der Waals surface area (Å²) in [6.07, 6.45) is 0. The van der Waals surface area contributed by atoms with Crippen molar-refractivity contribution in [1.82, 2.24) is 9.97 Å². The molecule has 0 amide bonds. The van der Waals surface area contributed by atoms with Crippen LogP contribution in [0.2, 0.25) is 0 Å². The molecule has 0 bridgehead atoms. The normalized spacial score (nSPS) is 10.9. The first-order chi connectivity index (χ1) is 6.58. The molecular formula is C9H12Br2N2S. The van der Waals surface area contributed by atoms with E-state index in [-0.39, 0.29) is 0 Å². The van der Waals surface area contributed by atoms with Gasteiger partial charge in [0.15, 0.2) is 0 Å². The summed E-state index contributed by atoms with van der Waals surface area (Å²) >= 11 is 8.55. The zero-order chi connectivity index (χ0) is 10.6. The predicted molar refractivity (Wildman–Crippen MR) is 68.4 cm³/mol. The lowest BCUT2D eigenvalue weighted by atomic mass is 10.3. The number of nitrogens with zero attached hydrogens (tertiary/aromatic N) is 2. The summed E-state index contributed by atoms with van der Waals surface area (Å²) in [5.41, 5.74) is 0. The molecule has 0 atom stereocenters. The molecule has 0 aliphatic rings. The minimum atomic E-state index is 0.718. The van der Waals surface area contributed by atoms with Crippen LogP contribution in [-0.4, -0.2) is 15.7 Å². The Balaban J connectivity index is 2.50. The standard InChI is InChI=1S/C9H12Br2N2S/c1-6(2)4-14-5-9-12-7(10)3-8(11)13-9/h3,6H,4-5H2,1-2H3. The van der Waals surface area contributed by atoms with E-state index in [1.165, 1.54) is 0 Å². The molecule has 1 aromatic rings. The SMILES string of the molecule is CC(C)CSCc1nc(Br)cc(Br)n1. The topological polar surface area (TPSA) is 25.8 Å². The maximum atomic E-state index is 4.29. The van der Waals surface area contributed by atoms with E-state index >= 15 is 0 Å². The Bertz CT molecular complexity index is 285. The Morgan fingerprint density at radius 2 is 1.86 bits per heavy atom. The zero-order valence-corrected chi connectivity index (χ0v) is 12.1. The first kappa shape index (κ1) is 12.5. The lowest BCUT2D eigenvalue weighted by Crippen LogP contribution is -1.96. The predicted octanol–water partition coefficient (Wildman–Crippen LogP) is 3.89. The van der Waals surface area contributed by atoms with Gasteiger partial charge in [-0.05, 0) is 43.5 Å². The Morgan fingerprint density at radius 1 is 1.29 bits per heavy atom. The van der Waals surface area contributed by atoms with Crippen molar-refractivity contribution in [1.29, 1.82) is 0 Å². The van der Waals surface area contributed by atoms with Gasteiger partial charge in [-0.3, -0.25) is 0 Å². The van der Waals surface area contributed by atoms with Gasteiger partial charge in [0.05, 0.1) is 5.75 Å². The maximum absolute atomic E-state index is 4.29. The largest absolute Gasteiger partial charge is 0.225 e. The summed E-state index contributed by atoms with van der Waals surface area (Å²) in [6, 6.07) is 1.84. The highest BCUT2D eigenvalue weighted by atomic mass is 79.9. The van der Waals surface area contributed by atoms with Gasteiger partial charge in [-0.1, -0.05) is 13.8 Å². The van der Waals surface area contributed by atoms with Crippen molar-refractivity contribution in [3.05, 3.63) is 21.1 Å². The molecule has 1 heterocycles. The summed E-state index contributed by atoms with van der Waals surface area (Å²) in [7, 11) is 0. The fourth-order valence-electron chi connectivity index (χ4n) is 0.885. The number of rotatable bonds is 4. The quantitative estimate of drug-likeness (QED) is 0.778. The summed E-state index contributed by atoms with van der Waals surface area (Å²) in [5, 5.41) is 0. The first-order valence-corrected chi connectivity index (χ1v) is 7.08. The minimum absolute atomic E-state index is 0.718. The zero-order valence-electron chi connectivity index (χ0n) is 8.13. The molecule has 78 valence electrons. The highest BCUT2D eigenvalue weighted by molar-refractivity contribution is 9.11. The van der Waals surface area contributed by atoms with Crippen LogP contribution in [-0.2, 0) is 5.75 Å². The summed E-state index contributed by atoms with van der Waals surface area (Å²) in [6.45, 7) is 4.43. The molecule has 0 spiro atoms. The van der Waals surface area contributed by atoms with Crippen LogP contribution in [0.1, 0.15) is 19.7 Å². The Morgan fingerprint density at radius 3 is 2.36 bits per heavy atom. The highest BCUT2D eigenvalue weighted by Gasteiger charge is 2.02. The number of aromatic nitrogens is 2. The fraction of sp³-hybridized carbons (Fsp3) is 0.556. The molecule has 0 radical (unpaired) electrons. The van der Waals surface area contributed by atoms with Gasteiger partial charge in [-0.25, -0.2) is 9.97 Å². The summed E-state index contributed by atoms with van der Waals surface area (Å²) in [5.74, 6) is 3.61. The van der Waals surface area contributed by atoms with E-state index in [1.54, 1.807) is 0 Å². The van der Waals surface area contributed by atoms with Gasteiger partial charge in [-0.15, -0.1) is 0 Å². The average molecular weight is 340 g/mol. The van der Waals surface area contributed by atoms with E-state index in [0.717, 1.165) is 32.5 Å².